The average molecular weight is 140 g/mol. The molecule has 1 saturated carbocycles. The van der Waals surface area contributed by atoms with Gasteiger partial charge in [0.05, 0.1) is 6.07 Å². The molecule has 0 aromatic carbocycles. The Balaban J connectivity index is 2.40. The van der Waals surface area contributed by atoms with Crippen LogP contribution < -0.4 is 5.73 Å². The molecule has 0 amide bonds. The maximum atomic E-state index is 9.26. The van der Waals surface area contributed by atoms with Crippen LogP contribution in [0.2, 0.25) is 0 Å². The van der Waals surface area contributed by atoms with Crippen LogP contribution in [0.15, 0.2) is 0 Å². The minimum atomic E-state index is -0.993. The Hall–Kier alpha value is -0.590. The average Bonchev–Trinajstić information content (AvgIpc) is 1.88. The summed E-state index contributed by atoms with van der Waals surface area (Å²) in [4.78, 5) is 0. The van der Waals surface area contributed by atoms with Gasteiger partial charge in [-0.1, -0.05) is 0 Å². The molecule has 0 bridgehead atoms. The Labute approximate surface area is 60.4 Å². The van der Waals surface area contributed by atoms with E-state index in [1.165, 1.54) is 0 Å². The molecule has 3 heteroatoms. The van der Waals surface area contributed by atoms with E-state index in [9.17, 15) is 5.11 Å². The van der Waals surface area contributed by atoms with Crippen molar-refractivity contribution in [3.63, 3.8) is 0 Å². The number of hydrogen-bond donors (Lipinski definition) is 2. The SMILES string of the molecule is N#CC1CCC(N)(O)CC1. The lowest BCUT2D eigenvalue weighted by Crippen LogP contribution is -2.42. The molecule has 0 saturated heterocycles. The maximum Gasteiger partial charge on any atom is 0.113 e. The van der Waals surface area contributed by atoms with Gasteiger partial charge in [-0.05, 0) is 25.7 Å². The van der Waals surface area contributed by atoms with Crippen molar-refractivity contribution in [1.29, 1.82) is 5.26 Å². The summed E-state index contributed by atoms with van der Waals surface area (Å²) in [6.45, 7) is 0. The standard InChI is InChI=1S/C7H12N2O/c8-5-6-1-3-7(9,10)4-2-6/h6,10H,1-4,9H2. The molecule has 56 valence electrons. The van der Waals surface area contributed by atoms with Crippen LogP contribution in [-0.2, 0) is 0 Å². The lowest BCUT2D eigenvalue weighted by atomic mass is 9.85. The summed E-state index contributed by atoms with van der Waals surface area (Å²) in [5.41, 5.74) is 4.45. The van der Waals surface area contributed by atoms with Gasteiger partial charge in [0.2, 0.25) is 0 Å². The van der Waals surface area contributed by atoms with E-state index in [2.05, 4.69) is 6.07 Å². The van der Waals surface area contributed by atoms with Gasteiger partial charge in [0.15, 0.2) is 0 Å². The molecule has 10 heavy (non-hydrogen) atoms. The Morgan fingerprint density at radius 2 is 2.00 bits per heavy atom. The molecule has 1 aliphatic carbocycles. The quantitative estimate of drug-likeness (QED) is 0.477. The Bertz CT molecular complexity index is 149. The zero-order valence-electron chi connectivity index (χ0n) is 5.88. The Kier molecular flexibility index (Phi) is 1.93. The third-order valence-corrected chi connectivity index (χ3v) is 2.03. The second-order valence-electron chi connectivity index (χ2n) is 3.01. The lowest BCUT2D eigenvalue weighted by Gasteiger charge is -2.29. The third kappa shape index (κ3) is 1.69. The van der Waals surface area contributed by atoms with Crippen molar-refractivity contribution in [1.82, 2.24) is 0 Å². The van der Waals surface area contributed by atoms with Crippen LogP contribution in [0.1, 0.15) is 25.7 Å². The van der Waals surface area contributed by atoms with Crippen LogP contribution in [0.25, 0.3) is 0 Å². The van der Waals surface area contributed by atoms with Gasteiger partial charge < -0.3 is 10.8 Å². The summed E-state index contributed by atoms with van der Waals surface area (Å²) >= 11 is 0. The molecule has 0 aromatic heterocycles. The fourth-order valence-electron chi connectivity index (χ4n) is 1.25. The van der Waals surface area contributed by atoms with Crippen molar-refractivity contribution in [2.24, 2.45) is 11.7 Å². The minimum Gasteiger partial charge on any atom is -0.376 e. The molecule has 0 unspecified atom stereocenters. The predicted octanol–water partition coefficient (Wildman–Crippen LogP) is 0.347. The number of hydrogen-bond acceptors (Lipinski definition) is 3. The summed E-state index contributed by atoms with van der Waals surface area (Å²) in [5.74, 6) is 0.115. The minimum absolute atomic E-state index is 0.115. The Morgan fingerprint density at radius 1 is 1.50 bits per heavy atom. The molecule has 0 atom stereocenters. The highest BCUT2D eigenvalue weighted by atomic mass is 16.3. The molecule has 0 heterocycles. The number of nitrogens with zero attached hydrogens (tertiary/aromatic N) is 1. The van der Waals surface area contributed by atoms with Crippen molar-refractivity contribution < 1.29 is 5.11 Å². The van der Waals surface area contributed by atoms with Crippen LogP contribution in [0.3, 0.4) is 0 Å². The van der Waals surface area contributed by atoms with E-state index in [0.29, 0.717) is 12.8 Å². The molecule has 0 aliphatic heterocycles. The van der Waals surface area contributed by atoms with Gasteiger partial charge in [0, 0.05) is 5.92 Å². The fraction of sp³-hybridized carbons (Fsp3) is 0.857. The van der Waals surface area contributed by atoms with E-state index < -0.39 is 5.72 Å². The molecule has 1 fully saturated rings. The maximum absolute atomic E-state index is 9.26. The van der Waals surface area contributed by atoms with E-state index in [1.54, 1.807) is 0 Å². The summed E-state index contributed by atoms with van der Waals surface area (Å²) in [5, 5.41) is 17.7. The molecule has 3 nitrogen and oxygen atoms in total. The van der Waals surface area contributed by atoms with Gasteiger partial charge in [-0.2, -0.15) is 5.26 Å². The molecule has 1 rings (SSSR count). The largest absolute Gasteiger partial charge is 0.376 e. The molecular formula is C7H12N2O. The van der Waals surface area contributed by atoms with E-state index in [-0.39, 0.29) is 5.92 Å². The highest BCUT2D eigenvalue weighted by molar-refractivity contribution is 4.90. The zero-order valence-corrected chi connectivity index (χ0v) is 5.88. The van der Waals surface area contributed by atoms with Gasteiger partial charge in [-0.15, -0.1) is 0 Å². The van der Waals surface area contributed by atoms with Crippen LogP contribution in [0, 0.1) is 17.2 Å². The van der Waals surface area contributed by atoms with Crippen molar-refractivity contribution in [2.45, 2.75) is 31.4 Å². The van der Waals surface area contributed by atoms with Crippen LogP contribution >= 0.6 is 0 Å². The van der Waals surface area contributed by atoms with Crippen molar-refractivity contribution in [3.8, 4) is 6.07 Å². The van der Waals surface area contributed by atoms with Gasteiger partial charge >= 0.3 is 0 Å². The molecule has 0 spiro atoms. The normalized spacial score (nSPS) is 40.7. The summed E-state index contributed by atoms with van der Waals surface area (Å²) in [6, 6.07) is 2.17. The summed E-state index contributed by atoms with van der Waals surface area (Å²) in [6.07, 6.45) is 2.60. The molecule has 0 aromatic rings. The number of rotatable bonds is 0. The fourth-order valence-corrected chi connectivity index (χ4v) is 1.25. The lowest BCUT2D eigenvalue weighted by molar-refractivity contribution is 0.00277. The first-order valence-corrected chi connectivity index (χ1v) is 3.55. The smallest absolute Gasteiger partial charge is 0.113 e. The van der Waals surface area contributed by atoms with Crippen molar-refractivity contribution in [2.75, 3.05) is 0 Å². The molecule has 3 N–H and O–H groups in total. The first-order chi connectivity index (χ1) is 4.64. The molecule has 0 radical (unpaired) electrons. The number of nitrogens with two attached hydrogens (primary N) is 1. The van der Waals surface area contributed by atoms with Gasteiger partial charge in [-0.25, -0.2) is 0 Å². The highest BCUT2D eigenvalue weighted by Crippen LogP contribution is 2.27. The summed E-state index contributed by atoms with van der Waals surface area (Å²) in [7, 11) is 0. The van der Waals surface area contributed by atoms with E-state index >= 15 is 0 Å². The Morgan fingerprint density at radius 3 is 2.40 bits per heavy atom. The number of nitriles is 1. The van der Waals surface area contributed by atoms with Gasteiger partial charge in [0.25, 0.3) is 0 Å². The van der Waals surface area contributed by atoms with Crippen LogP contribution in [0.4, 0.5) is 0 Å². The topological polar surface area (TPSA) is 70.0 Å². The van der Waals surface area contributed by atoms with Crippen molar-refractivity contribution in [3.05, 3.63) is 0 Å². The second-order valence-corrected chi connectivity index (χ2v) is 3.01. The molecular weight excluding hydrogens is 128 g/mol. The summed E-state index contributed by atoms with van der Waals surface area (Å²) < 4.78 is 0. The first kappa shape index (κ1) is 7.52. The zero-order chi connectivity index (χ0) is 7.61. The third-order valence-electron chi connectivity index (χ3n) is 2.03. The van der Waals surface area contributed by atoms with Crippen molar-refractivity contribution >= 4 is 0 Å². The highest BCUT2D eigenvalue weighted by Gasteiger charge is 2.28. The van der Waals surface area contributed by atoms with E-state index in [4.69, 9.17) is 11.0 Å². The van der Waals surface area contributed by atoms with Crippen LogP contribution in [-0.4, -0.2) is 10.8 Å². The van der Waals surface area contributed by atoms with Gasteiger partial charge in [-0.3, -0.25) is 0 Å². The first-order valence-electron chi connectivity index (χ1n) is 3.55. The monoisotopic (exact) mass is 140 g/mol. The second kappa shape index (κ2) is 2.57. The van der Waals surface area contributed by atoms with Crippen LogP contribution in [0.5, 0.6) is 0 Å². The number of aliphatic hydroxyl groups is 1. The predicted molar refractivity (Wildman–Crippen MR) is 36.7 cm³/mol. The molecule has 1 aliphatic rings. The van der Waals surface area contributed by atoms with Gasteiger partial charge in [0.1, 0.15) is 5.72 Å². The van der Waals surface area contributed by atoms with E-state index in [0.717, 1.165) is 12.8 Å². The van der Waals surface area contributed by atoms with E-state index in [1.807, 2.05) is 0 Å².